The molecule has 1 aromatic carbocycles. The number of nitrogens with zero attached hydrogens (tertiary/aromatic N) is 1. The van der Waals surface area contributed by atoms with E-state index in [4.69, 9.17) is 0 Å². The summed E-state index contributed by atoms with van der Waals surface area (Å²) in [5.41, 5.74) is 0.242. The SMILES string of the molecule is CCCCCCCCS(=O)(=O)Nc1ccc(Br)cc1C(=O)C(=O)CCCN(C)C. The summed E-state index contributed by atoms with van der Waals surface area (Å²) in [7, 11) is 0.215. The third-order valence-corrected chi connectivity index (χ3v) is 6.37. The molecule has 0 heterocycles. The summed E-state index contributed by atoms with van der Waals surface area (Å²) in [5, 5.41) is 0. The molecule has 0 aliphatic rings. The van der Waals surface area contributed by atoms with Gasteiger partial charge in [-0.05, 0) is 51.7 Å². The van der Waals surface area contributed by atoms with E-state index in [1.807, 2.05) is 19.0 Å². The van der Waals surface area contributed by atoms with E-state index in [1.165, 1.54) is 12.1 Å². The second kappa shape index (κ2) is 13.1. The smallest absolute Gasteiger partial charge is 0.232 e. The van der Waals surface area contributed by atoms with Crippen molar-refractivity contribution in [3.05, 3.63) is 28.2 Å². The quantitative estimate of drug-likeness (QED) is 0.220. The van der Waals surface area contributed by atoms with Gasteiger partial charge < -0.3 is 4.90 Å². The largest absolute Gasteiger partial charge is 0.309 e. The van der Waals surface area contributed by atoms with Crippen LogP contribution < -0.4 is 4.72 Å². The van der Waals surface area contributed by atoms with Crippen molar-refractivity contribution < 1.29 is 18.0 Å². The Morgan fingerprint density at radius 2 is 1.69 bits per heavy atom. The number of rotatable bonds is 15. The number of anilines is 1. The van der Waals surface area contributed by atoms with Crippen LogP contribution in [0.25, 0.3) is 0 Å². The predicted molar refractivity (Wildman–Crippen MR) is 122 cm³/mol. The summed E-state index contributed by atoms with van der Waals surface area (Å²) in [4.78, 5) is 26.9. The summed E-state index contributed by atoms with van der Waals surface area (Å²) >= 11 is 3.29. The number of Topliss-reactive ketones (excluding diaryl/α,β-unsaturated/α-hetero) is 2. The molecular formula is C21H33BrN2O4S. The standard InChI is InChI=1S/C21H33BrN2O4S/c1-4-5-6-7-8-9-15-29(27,28)23-19-13-12-17(22)16-18(19)21(26)20(25)11-10-14-24(2)3/h12-13,16,23H,4-11,14-15H2,1-3H3. The summed E-state index contributed by atoms with van der Waals surface area (Å²) in [6.45, 7) is 2.84. The van der Waals surface area contributed by atoms with Crippen molar-refractivity contribution in [3.63, 3.8) is 0 Å². The predicted octanol–water partition coefficient (Wildman–Crippen LogP) is 4.64. The molecule has 0 amide bonds. The van der Waals surface area contributed by atoms with Gasteiger partial charge in [0.15, 0.2) is 0 Å². The molecule has 0 aromatic heterocycles. The highest BCUT2D eigenvalue weighted by Crippen LogP contribution is 2.24. The molecule has 0 fully saturated rings. The van der Waals surface area contributed by atoms with E-state index in [0.717, 1.165) is 32.1 Å². The molecule has 0 bridgehead atoms. The van der Waals surface area contributed by atoms with E-state index >= 15 is 0 Å². The van der Waals surface area contributed by atoms with Gasteiger partial charge in [-0.1, -0.05) is 55.0 Å². The number of carbonyl (C=O) groups excluding carboxylic acids is 2. The molecule has 0 unspecified atom stereocenters. The maximum Gasteiger partial charge on any atom is 0.232 e. The first-order valence-electron chi connectivity index (χ1n) is 10.2. The molecule has 0 spiro atoms. The second-order valence-corrected chi connectivity index (χ2v) is 10.3. The zero-order chi connectivity index (χ0) is 21.9. The second-order valence-electron chi connectivity index (χ2n) is 7.54. The molecule has 0 aliphatic heterocycles. The fraction of sp³-hybridized carbons (Fsp3) is 0.619. The maximum atomic E-state index is 12.6. The van der Waals surface area contributed by atoms with E-state index in [-0.39, 0.29) is 23.4 Å². The van der Waals surface area contributed by atoms with E-state index in [2.05, 4.69) is 27.6 Å². The Bertz CT molecular complexity index is 779. The topological polar surface area (TPSA) is 83.5 Å². The average molecular weight is 489 g/mol. The van der Waals surface area contributed by atoms with Crippen LogP contribution in [0.4, 0.5) is 5.69 Å². The molecule has 0 aliphatic carbocycles. The van der Waals surface area contributed by atoms with Crippen LogP contribution in [-0.4, -0.2) is 51.3 Å². The van der Waals surface area contributed by atoms with Crippen LogP contribution in [0.3, 0.4) is 0 Å². The summed E-state index contributed by atoms with van der Waals surface area (Å²) in [5.74, 6) is -1.18. The van der Waals surface area contributed by atoms with Crippen LogP contribution in [0.1, 0.15) is 68.6 Å². The van der Waals surface area contributed by atoms with E-state index in [0.29, 0.717) is 23.9 Å². The summed E-state index contributed by atoms with van der Waals surface area (Å²) < 4.78 is 28.0. The highest BCUT2D eigenvalue weighted by Gasteiger charge is 2.22. The third kappa shape index (κ3) is 10.4. The molecule has 164 valence electrons. The number of benzene rings is 1. The van der Waals surface area contributed by atoms with Crippen molar-refractivity contribution in [1.29, 1.82) is 0 Å². The van der Waals surface area contributed by atoms with E-state index in [9.17, 15) is 18.0 Å². The highest BCUT2D eigenvalue weighted by atomic mass is 79.9. The fourth-order valence-corrected chi connectivity index (χ4v) is 4.46. The van der Waals surface area contributed by atoms with Crippen LogP contribution in [0.5, 0.6) is 0 Å². The van der Waals surface area contributed by atoms with Gasteiger partial charge in [-0.15, -0.1) is 0 Å². The van der Waals surface area contributed by atoms with Gasteiger partial charge in [0.05, 0.1) is 17.0 Å². The van der Waals surface area contributed by atoms with Gasteiger partial charge >= 0.3 is 0 Å². The minimum Gasteiger partial charge on any atom is -0.309 e. The van der Waals surface area contributed by atoms with Crippen molar-refractivity contribution in [2.24, 2.45) is 0 Å². The van der Waals surface area contributed by atoms with Crippen molar-refractivity contribution in [3.8, 4) is 0 Å². The number of hydrogen-bond donors (Lipinski definition) is 1. The van der Waals surface area contributed by atoms with Crippen LogP contribution in [-0.2, 0) is 14.8 Å². The summed E-state index contributed by atoms with van der Waals surface area (Å²) in [6, 6.07) is 4.66. The Morgan fingerprint density at radius 1 is 1.03 bits per heavy atom. The van der Waals surface area contributed by atoms with Crippen LogP contribution in [0.15, 0.2) is 22.7 Å². The first-order chi connectivity index (χ1) is 13.7. The van der Waals surface area contributed by atoms with Gasteiger partial charge in [-0.25, -0.2) is 8.42 Å². The Hall–Kier alpha value is -1.25. The molecule has 0 saturated carbocycles. The Labute approximate surface area is 183 Å². The Balaban J connectivity index is 2.76. The van der Waals surface area contributed by atoms with E-state index < -0.39 is 21.6 Å². The number of unbranched alkanes of at least 4 members (excludes halogenated alkanes) is 5. The zero-order valence-electron chi connectivity index (χ0n) is 17.7. The molecular weight excluding hydrogens is 456 g/mol. The first-order valence-corrected chi connectivity index (χ1v) is 12.6. The molecule has 1 N–H and O–H groups in total. The average Bonchev–Trinajstić information content (AvgIpc) is 2.64. The minimum atomic E-state index is -3.59. The lowest BCUT2D eigenvalue weighted by atomic mass is 10.0. The molecule has 8 heteroatoms. The van der Waals surface area contributed by atoms with Gasteiger partial charge in [-0.3, -0.25) is 14.3 Å². The Morgan fingerprint density at radius 3 is 2.34 bits per heavy atom. The molecule has 29 heavy (non-hydrogen) atoms. The number of carbonyl (C=O) groups is 2. The number of sulfonamides is 1. The lowest BCUT2D eigenvalue weighted by Gasteiger charge is -2.13. The minimum absolute atomic E-state index is 0.000396. The molecule has 0 saturated heterocycles. The molecule has 6 nitrogen and oxygen atoms in total. The fourth-order valence-electron chi connectivity index (χ4n) is 2.90. The van der Waals surface area contributed by atoms with Crippen LogP contribution >= 0.6 is 15.9 Å². The van der Waals surface area contributed by atoms with Crippen molar-refractivity contribution in [2.75, 3.05) is 31.1 Å². The van der Waals surface area contributed by atoms with Gasteiger partial charge in [0.2, 0.25) is 21.6 Å². The zero-order valence-corrected chi connectivity index (χ0v) is 20.1. The van der Waals surface area contributed by atoms with Crippen molar-refractivity contribution >= 4 is 43.2 Å². The number of halogens is 1. The number of nitrogens with one attached hydrogen (secondary N) is 1. The van der Waals surface area contributed by atoms with Gasteiger partial charge in [0, 0.05) is 10.9 Å². The van der Waals surface area contributed by atoms with Crippen molar-refractivity contribution in [1.82, 2.24) is 4.90 Å². The van der Waals surface area contributed by atoms with Crippen LogP contribution in [0.2, 0.25) is 0 Å². The molecule has 0 radical (unpaired) electrons. The van der Waals surface area contributed by atoms with Crippen LogP contribution in [0, 0.1) is 0 Å². The lowest BCUT2D eigenvalue weighted by molar-refractivity contribution is -0.115. The van der Waals surface area contributed by atoms with Gasteiger partial charge in [0.1, 0.15) is 0 Å². The Kier molecular flexibility index (Phi) is 11.7. The summed E-state index contributed by atoms with van der Waals surface area (Å²) in [6.07, 6.45) is 6.59. The third-order valence-electron chi connectivity index (χ3n) is 4.52. The molecule has 1 aromatic rings. The number of ketones is 2. The van der Waals surface area contributed by atoms with Gasteiger partial charge in [0.25, 0.3) is 0 Å². The van der Waals surface area contributed by atoms with E-state index in [1.54, 1.807) is 6.07 Å². The monoisotopic (exact) mass is 488 g/mol. The van der Waals surface area contributed by atoms with Crippen molar-refractivity contribution in [2.45, 2.75) is 58.3 Å². The highest BCUT2D eigenvalue weighted by molar-refractivity contribution is 9.10. The molecule has 0 atom stereocenters. The van der Waals surface area contributed by atoms with Gasteiger partial charge in [-0.2, -0.15) is 0 Å². The molecule has 1 rings (SSSR count). The normalized spacial score (nSPS) is 11.6. The maximum absolute atomic E-state index is 12.6. The number of hydrogen-bond acceptors (Lipinski definition) is 5. The first kappa shape index (κ1) is 25.8. The lowest BCUT2D eigenvalue weighted by Crippen LogP contribution is -2.22.